The van der Waals surface area contributed by atoms with Crippen molar-refractivity contribution in [3.8, 4) is 5.75 Å². The summed E-state index contributed by atoms with van der Waals surface area (Å²) >= 11 is 5.78. The minimum Gasteiger partial charge on any atom is -0.482 e. The van der Waals surface area contributed by atoms with Crippen LogP contribution in [0, 0.1) is 0 Å². The highest BCUT2D eigenvalue weighted by atomic mass is 35.5. The lowest BCUT2D eigenvalue weighted by Crippen LogP contribution is -2.35. The molecule has 1 amide bonds. The highest BCUT2D eigenvalue weighted by molar-refractivity contribution is 6.30. The van der Waals surface area contributed by atoms with Gasteiger partial charge >= 0.3 is 0 Å². The lowest BCUT2D eigenvalue weighted by Gasteiger charge is -2.25. The van der Waals surface area contributed by atoms with Crippen molar-refractivity contribution in [2.24, 2.45) is 0 Å². The summed E-state index contributed by atoms with van der Waals surface area (Å²) in [6.07, 6.45) is 0. The van der Waals surface area contributed by atoms with Crippen LogP contribution in [0.25, 0.3) is 0 Å². The number of carbonyl (C=O) groups is 1. The third-order valence-corrected chi connectivity index (χ3v) is 2.24. The van der Waals surface area contributed by atoms with Crippen molar-refractivity contribution in [1.29, 1.82) is 0 Å². The molecule has 0 atom stereocenters. The molecule has 2 rings (SSSR count). The van der Waals surface area contributed by atoms with E-state index >= 15 is 0 Å². The lowest BCUT2D eigenvalue weighted by atomic mass is 10.2. The van der Waals surface area contributed by atoms with E-state index in [-0.39, 0.29) is 12.5 Å². The van der Waals surface area contributed by atoms with Gasteiger partial charge in [-0.15, -0.1) is 0 Å². The van der Waals surface area contributed by atoms with Crippen molar-refractivity contribution in [3.05, 3.63) is 23.2 Å². The molecule has 0 bridgehead atoms. The topological polar surface area (TPSA) is 29.5 Å². The van der Waals surface area contributed by atoms with Gasteiger partial charge in [0.2, 0.25) is 0 Å². The summed E-state index contributed by atoms with van der Waals surface area (Å²) in [6.45, 7) is 0.0871. The first-order valence-corrected chi connectivity index (χ1v) is 4.25. The molecule has 0 aromatic heterocycles. The Morgan fingerprint density at radius 1 is 1.54 bits per heavy atom. The molecule has 1 aromatic rings. The van der Waals surface area contributed by atoms with Gasteiger partial charge in [-0.2, -0.15) is 0 Å². The zero-order chi connectivity index (χ0) is 9.42. The van der Waals surface area contributed by atoms with E-state index in [1.54, 1.807) is 30.1 Å². The van der Waals surface area contributed by atoms with Gasteiger partial charge in [0, 0.05) is 18.1 Å². The maximum atomic E-state index is 11.2. The first-order valence-electron chi connectivity index (χ1n) is 3.87. The quantitative estimate of drug-likeness (QED) is 0.634. The number of anilines is 1. The first-order chi connectivity index (χ1) is 6.18. The summed E-state index contributed by atoms with van der Waals surface area (Å²) in [5, 5.41) is 0.612. The number of likely N-dealkylation sites (N-methyl/N-ethyl adjacent to an activating group) is 1. The van der Waals surface area contributed by atoms with E-state index < -0.39 is 0 Å². The summed E-state index contributed by atoms with van der Waals surface area (Å²) in [4.78, 5) is 12.8. The highest BCUT2D eigenvalue weighted by Crippen LogP contribution is 2.33. The van der Waals surface area contributed by atoms with Crippen molar-refractivity contribution in [1.82, 2.24) is 0 Å². The Hall–Kier alpha value is -1.22. The molecule has 1 aromatic carbocycles. The zero-order valence-electron chi connectivity index (χ0n) is 7.08. The normalized spacial score (nSPS) is 15.2. The van der Waals surface area contributed by atoms with Crippen LogP contribution in [0.15, 0.2) is 18.2 Å². The van der Waals surface area contributed by atoms with Crippen LogP contribution >= 0.6 is 11.6 Å². The van der Waals surface area contributed by atoms with E-state index in [1.807, 2.05) is 0 Å². The fraction of sp³-hybridized carbons (Fsp3) is 0.222. The fourth-order valence-electron chi connectivity index (χ4n) is 1.25. The van der Waals surface area contributed by atoms with Crippen molar-refractivity contribution >= 4 is 23.2 Å². The van der Waals surface area contributed by atoms with E-state index in [1.165, 1.54) is 0 Å². The Balaban J connectivity index is 2.49. The van der Waals surface area contributed by atoms with Crippen LogP contribution < -0.4 is 9.64 Å². The molecule has 0 unspecified atom stereocenters. The minimum absolute atomic E-state index is 0.0465. The number of hydrogen-bond donors (Lipinski definition) is 0. The Morgan fingerprint density at radius 3 is 3.08 bits per heavy atom. The summed E-state index contributed by atoms with van der Waals surface area (Å²) in [5.41, 5.74) is 0.764. The Bertz CT molecular complexity index is 365. The van der Waals surface area contributed by atoms with Gasteiger partial charge in [-0.05, 0) is 12.1 Å². The van der Waals surface area contributed by atoms with Gasteiger partial charge in [0.05, 0.1) is 5.69 Å². The van der Waals surface area contributed by atoms with Gasteiger partial charge in [0.1, 0.15) is 5.75 Å². The van der Waals surface area contributed by atoms with Crippen LogP contribution in [0.3, 0.4) is 0 Å². The lowest BCUT2D eigenvalue weighted by molar-refractivity contribution is -0.120. The molecule has 0 N–H and O–H groups in total. The molecule has 0 spiro atoms. The number of ether oxygens (including phenoxy) is 1. The molecule has 1 heterocycles. The monoisotopic (exact) mass is 197 g/mol. The molecule has 1 aliphatic rings. The molecular weight excluding hydrogens is 190 g/mol. The van der Waals surface area contributed by atoms with Gasteiger partial charge in [0.25, 0.3) is 5.91 Å². The Morgan fingerprint density at radius 2 is 2.31 bits per heavy atom. The van der Waals surface area contributed by atoms with E-state index in [0.717, 1.165) is 5.69 Å². The minimum atomic E-state index is -0.0465. The third kappa shape index (κ3) is 1.35. The molecular formula is C9H8ClNO2. The van der Waals surface area contributed by atoms with Gasteiger partial charge in [0.15, 0.2) is 6.61 Å². The number of benzene rings is 1. The van der Waals surface area contributed by atoms with E-state index in [0.29, 0.717) is 10.8 Å². The SMILES string of the molecule is CN1C(=O)COc2cc(Cl)ccc21. The van der Waals surface area contributed by atoms with Gasteiger partial charge in [-0.25, -0.2) is 0 Å². The number of fused-ring (bicyclic) bond motifs is 1. The predicted molar refractivity (Wildman–Crippen MR) is 50.4 cm³/mol. The smallest absolute Gasteiger partial charge is 0.264 e. The number of nitrogens with zero attached hydrogens (tertiary/aromatic N) is 1. The number of halogens is 1. The van der Waals surface area contributed by atoms with Crippen molar-refractivity contribution in [3.63, 3.8) is 0 Å². The first kappa shape index (κ1) is 8.38. The predicted octanol–water partition coefficient (Wildman–Crippen LogP) is 1.70. The third-order valence-electron chi connectivity index (χ3n) is 2.01. The second-order valence-electron chi connectivity index (χ2n) is 2.85. The summed E-state index contributed by atoms with van der Waals surface area (Å²) in [7, 11) is 1.72. The van der Waals surface area contributed by atoms with E-state index in [9.17, 15) is 4.79 Å². The van der Waals surface area contributed by atoms with Crippen LogP contribution in [-0.4, -0.2) is 19.6 Å². The van der Waals surface area contributed by atoms with Crippen molar-refractivity contribution in [2.45, 2.75) is 0 Å². The Kier molecular flexibility index (Phi) is 1.88. The Labute approximate surface area is 80.9 Å². The standard InChI is InChI=1S/C9H8ClNO2/c1-11-7-3-2-6(10)4-8(7)13-5-9(11)12/h2-4H,5H2,1H3. The average molecular weight is 198 g/mol. The molecule has 0 aliphatic carbocycles. The van der Waals surface area contributed by atoms with E-state index in [2.05, 4.69) is 0 Å². The zero-order valence-corrected chi connectivity index (χ0v) is 7.84. The number of hydrogen-bond acceptors (Lipinski definition) is 2. The van der Waals surface area contributed by atoms with Crippen LogP contribution in [0.2, 0.25) is 5.02 Å². The second-order valence-corrected chi connectivity index (χ2v) is 3.29. The number of rotatable bonds is 0. The van der Waals surface area contributed by atoms with Crippen molar-refractivity contribution < 1.29 is 9.53 Å². The molecule has 0 fully saturated rings. The maximum absolute atomic E-state index is 11.2. The van der Waals surface area contributed by atoms with Gasteiger partial charge in [-0.1, -0.05) is 11.6 Å². The highest BCUT2D eigenvalue weighted by Gasteiger charge is 2.21. The molecule has 4 heteroatoms. The van der Waals surface area contributed by atoms with Gasteiger partial charge in [-0.3, -0.25) is 4.79 Å². The molecule has 0 saturated carbocycles. The van der Waals surface area contributed by atoms with Gasteiger partial charge < -0.3 is 9.64 Å². The van der Waals surface area contributed by atoms with Crippen LogP contribution in [-0.2, 0) is 4.79 Å². The summed E-state index contributed by atoms with van der Waals surface area (Å²) in [5.74, 6) is 0.615. The van der Waals surface area contributed by atoms with Crippen LogP contribution in [0.1, 0.15) is 0 Å². The fourth-order valence-corrected chi connectivity index (χ4v) is 1.41. The number of amides is 1. The summed E-state index contributed by atoms with van der Waals surface area (Å²) in [6, 6.07) is 5.22. The van der Waals surface area contributed by atoms with Crippen LogP contribution in [0.4, 0.5) is 5.69 Å². The molecule has 68 valence electrons. The second kappa shape index (κ2) is 2.92. The molecule has 13 heavy (non-hydrogen) atoms. The average Bonchev–Trinajstić information content (AvgIpc) is 2.12. The number of carbonyl (C=O) groups excluding carboxylic acids is 1. The van der Waals surface area contributed by atoms with Crippen molar-refractivity contribution in [2.75, 3.05) is 18.6 Å². The maximum Gasteiger partial charge on any atom is 0.264 e. The van der Waals surface area contributed by atoms with Crippen LogP contribution in [0.5, 0.6) is 5.75 Å². The molecule has 0 saturated heterocycles. The summed E-state index contributed by atoms with van der Waals surface area (Å²) < 4.78 is 5.21. The molecule has 1 aliphatic heterocycles. The molecule has 3 nitrogen and oxygen atoms in total. The van der Waals surface area contributed by atoms with E-state index in [4.69, 9.17) is 16.3 Å². The molecule has 0 radical (unpaired) electrons. The largest absolute Gasteiger partial charge is 0.482 e.